The highest BCUT2D eigenvalue weighted by atomic mass is 16.8. The van der Waals surface area contributed by atoms with Crippen LogP contribution in [0.3, 0.4) is 0 Å². The number of hydrogen-bond donors (Lipinski definition) is 1. The van der Waals surface area contributed by atoms with Crippen LogP contribution in [0.15, 0.2) is 243 Å². The van der Waals surface area contributed by atoms with Gasteiger partial charge in [-0.05, 0) is 44.5 Å². The Kier molecular flexibility index (Phi) is 26.0. The van der Waals surface area contributed by atoms with Crippen LogP contribution in [0.2, 0.25) is 0 Å². The maximum absolute atomic E-state index is 13.2. The highest BCUT2D eigenvalue weighted by Gasteiger charge is 2.57. The summed E-state index contributed by atoms with van der Waals surface area (Å²) in [6, 6.07) is 78.2. The van der Waals surface area contributed by atoms with Crippen molar-refractivity contribution in [3.8, 4) is 0 Å². The molecule has 0 aromatic heterocycles. The van der Waals surface area contributed by atoms with Crippen molar-refractivity contribution in [2.75, 3.05) is 26.9 Å². The molecule has 3 saturated heterocycles. The number of aliphatic hydroxyl groups excluding tert-OH is 1. The molecule has 0 aliphatic carbocycles. The Bertz CT molecular complexity index is 3380. The number of ether oxygens (including phenoxy) is 15. The Morgan fingerprint density at radius 1 is 0.319 bits per heavy atom. The van der Waals surface area contributed by atoms with Gasteiger partial charge in [-0.15, -0.1) is 0 Å². The Morgan fingerprint density at radius 2 is 0.574 bits per heavy atom. The zero-order chi connectivity index (χ0) is 64.5. The van der Waals surface area contributed by atoms with Gasteiger partial charge in [0.2, 0.25) is 0 Å². The predicted octanol–water partition coefficient (Wildman–Crippen LogP) is 11.4. The molecule has 0 unspecified atom stereocenters. The molecule has 17 heteroatoms. The third-order valence-corrected chi connectivity index (χ3v) is 16.6. The van der Waals surface area contributed by atoms with Crippen molar-refractivity contribution < 1.29 is 81.0 Å². The standard InChI is InChI=1S/C77H84O17/c1-54(78)83-53-65-69(86-47-59-35-19-7-20-36-59)71(88-49-61-39-23-9-24-40-61)73(76(80-2)91-65)94-77-74(72(89-50-62-41-25-10-26-42-62)68(85-46-58-33-17-6-18-34-58)64(92-77)52-82-44-56-29-13-4-14-30-56)93-75-66(79)70(87-48-60-37-21-8-22-38-60)67(84-45-57-31-15-5-16-32-57)63(90-75)51-81-43-55-27-11-3-12-28-55/h3-42,63-77,79H,43-53H2,1-2H3/t63-,64-,65-,66+,67-,68-,69-,70-,71+,72+,73+,74+,75-,76+,77-/m1/s1. The number of hydrogen-bond acceptors (Lipinski definition) is 17. The van der Waals surface area contributed by atoms with E-state index >= 15 is 0 Å². The lowest BCUT2D eigenvalue weighted by Crippen LogP contribution is -2.68. The molecular weight excluding hydrogens is 1200 g/mol. The molecule has 3 aliphatic rings. The second kappa shape index (κ2) is 35.9. The van der Waals surface area contributed by atoms with Gasteiger partial charge in [-0.3, -0.25) is 4.79 Å². The van der Waals surface area contributed by atoms with Gasteiger partial charge < -0.3 is 76.2 Å². The van der Waals surface area contributed by atoms with E-state index < -0.39 is 98.1 Å². The van der Waals surface area contributed by atoms with Crippen LogP contribution < -0.4 is 0 Å². The second-order valence-corrected chi connectivity index (χ2v) is 23.4. The van der Waals surface area contributed by atoms with Crippen LogP contribution in [0, 0.1) is 0 Å². The molecule has 94 heavy (non-hydrogen) atoms. The van der Waals surface area contributed by atoms with Gasteiger partial charge in [-0.2, -0.15) is 0 Å². The van der Waals surface area contributed by atoms with Crippen LogP contribution in [-0.4, -0.2) is 130 Å². The highest BCUT2D eigenvalue weighted by molar-refractivity contribution is 5.65. The predicted molar refractivity (Wildman–Crippen MR) is 348 cm³/mol. The Hall–Kier alpha value is -7.37. The number of rotatable bonds is 33. The first-order valence-corrected chi connectivity index (χ1v) is 32.1. The third kappa shape index (κ3) is 19.6. The molecule has 0 amide bonds. The van der Waals surface area contributed by atoms with E-state index in [0.717, 1.165) is 44.5 Å². The Balaban J connectivity index is 1.02. The molecule has 15 atom stereocenters. The molecule has 0 saturated carbocycles. The van der Waals surface area contributed by atoms with Gasteiger partial charge in [0.05, 0.1) is 66.1 Å². The number of carbonyl (C=O) groups excluding carboxylic acids is 1. The van der Waals surface area contributed by atoms with E-state index in [2.05, 4.69) is 0 Å². The molecule has 3 aliphatic heterocycles. The third-order valence-electron chi connectivity index (χ3n) is 16.6. The first kappa shape index (κ1) is 68.0. The van der Waals surface area contributed by atoms with E-state index in [1.807, 2.05) is 243 Å². The largest absolute Gasteiger partial charge is 0.463 e. The first-order chi connectivity index (χ1) is 46.3. The van der Waals surface area contributed by atoms with Crippen LogP contribution in [0.25, 0.3) is 0 Å². The number of esters is 1. The van der Waals surface area contributed by atoms with E-state index in [4.69, 9.17) is 71.1 Å². The summed E-state index contributed by atoms with van der Waals surface area (Å²) in [5.41, 5.74) is 7.14. The summed E-state index contributed by atoms with van der Waals surface area (Å²) in [6.07, 6.45) is -17.0. The highest BCUT2D eigenvalue weighted by Crippen LogP contribution is 2.39. The van der Waals surface area contributed by atoms with Crippen molar-refractivity contribution in [2.24, 2.45) is 0 Å². The van der Waals surface area contributed by atoms with Gasteiger partial charge in [0.25, 0.3) is 0 Å². The Morgan fingerprint density at radius 3 is 0.904 bits per heavy atom. The molecule has 8 aromatic carbocycles. The molecule has 0 spiro atoms. The molecule has 8 aromatic rings. The topological polar surface area (TPSA) is 176 Å². The van der Waals surface area contributed by atoms with E-state index in [9.17, 15) is 9.90 Å². The fraction of sp³-hybridized carbons (Fsp3) is 0.364. The summed E-state index contributed by atoms with van der Waals surface area (Å²) in [5, 5.41) is 13.2. The summed E-state index contributed by atoms with van der Waals surface area (Å²) in [4.78, 5) is 12.6. The van der Waals surface area contributed by atoms with Crippen molar-refractivity contribution in [1.82, 2.24) is 0 Å². The minimum atomic E-state index is -1.54. The average Bonchev–Trinajstić information content (AvgIpc) is 0.776. The monoisotopic (exact) mass is 1280 g/mol. The minimum Gasteiger partial charge on any atom is -0.463 e. The maximum atomic E-state index is 13.2. The summed E-state index contributed by atoms with van der Waals surface area (Å²) in [7, 11) is 1.50. The minimum absolute atomic E-state index is 0.000951. The molecule has 0 bridgehead atoms. The van der Waals surface area contributed by atoms with Crippen molar-refractivity contribution in [3.05, 3.63) is 287 Å². The van der Waals surface area contributed by atoms with Gasteiger partial charge >= 0.3 is 5.97 Å². The van der Waals surface area contributed by atoms with Gasteiger partial charge in [-0.25, -0.2) is 0 Å². The van der Waals surface area contributed by atoms with Crippen LogP contribution in [0.5, 0.6) is 0 Å². The van der Waals surface area contributed by atoms with Crippen LogP contribution >= 0.6 is 0 Å². The smallest absolute Gasteiger partial charge is 0.302 e. The maximum Gasteiger partial charge on any atom is 0.302 e. The van der Waals surface area contributed by atoms with Gasteiger partial charge in [0.15, 0.2) is 18.9 Å². The molecule has 1 N–H and O–H groups in total. The zero-order valence-corrected chi connectivity index (χ0v) is 53.0. The van der Waals surface area contributed by atoms with E-state index in [-0.39, 0.29) is 72.7 Å². The number of aliphatic hydroxyl groups is 1. The van der Waals surface area contributed by atoms with E-state index in [1.54, 1.807) is 0 Å². The number of carbonyl (C=O) groups is 1. The fourth-order valence-electron chi connectivity index (χ4n) is 11.8. The van der Waals surface area contributed by atoms with Crippen molar-refractivity contribution in [1.29, 1.82) is 0 Å². The SMILES string of the molecule is CO[C@H]1O[C@H](COC(C)=O)[C@@H](OCc2ccccc2)[C@H](OCc2ccccc2)[C@@H]1O[C@H]1O[C@H](COCc2ccccc2)[C@@H](OCc2ccccc2)[C@H](OCc2ccccc2)[C@@H]1O[C@H]1O[C@H](COCc2ccccc2)[C@@H](OCc2ccccc2)[C@H](OCc2ccccc2)[C@@H]1O. The van der Waals surface area contributed by atoms with Crippen molar-refractivity contribution >= 4 is 5.97 Å². The Labute approximate surface area is 550 Å². The summed E-state index contributed by atoms with van der Waals surface area (Å²) in [6.45, 7) is 2.31. The lowest BCUT2D eigenvalue weighted by atomic mass is 9.95. The molecule has 494 valence electrons. The first-order valence-electron chi connectivity index (χ1n) is 32.1. The molecular formula is C77H84O17. The number of methoxy groups -OCH3 is 1. The fourth-order valence-corrected chi connectivity index (χ4v) is 11.8. The molecule has 11 rings (SSSR count). The van der Waals surface area contributed by atoms with Crippen molar-refractivity contribution in [3.63, 3.8) is 0 Å². The summed E-state index contributed by atoms with van der Waals surface area (Å²) in [5.74, 6) is -0.514. The summed E-state index contributed by atoms with van der Waals surface area (Å²) < 4.78 is 104. The van der Waals surface area contributed by atoms with Crippen molar-refractivity contribution in [2.45, 2.75) is 152 Å². The number of benzene rings is 8. The van der Waals surface area contributed by atoms with Gasteiger partial charge in [0.1, 0.15) is 79.9 Å². The zero-order valence-electron chi connectivity index (χ0n) is 53.0. The van der Waals surface area contributed by atoms with Gasteiger partial charge in [-0.1, -0.05) is 243 Å². The average molecular weight is 1280 g/mol. The van der Waals surface area contributed by atoms with Crippen LogP contribution in [0.4, 0.5) is 0 Å². The molecule has 17 nitrogen and oxygen atoms in total. The normalized spacial score (nSPS) is 26.1. The molecule has 3 fully saturated rings. The lowest BCUT2D eigenvalue weighted by molar-refractivity contribution is -0.403. The second-order valence-electron chi connectivity index (χ2n) is 23.4. The quantitative estimate of drug-likeness (QED) is 0.0384. The van der Waals surface area contributed by atoms with Crippen LogP contribution in [-0.2, 0) is 129 Å². The van der Waals surface area contributed by atoms with Gasteiger partial charge in [0, 0.05) is 14.0 Å². The summed E-state index contributed by atoms with van der Waals surface area (Å²) >= 11 is 0. The molecule has 0 radical (unpaired) electrons. The molecule has 3 heterocycles. The van der Waals surface area contributed by atoms with E-state index in [1.165, 1.54) is 14.0 Å². The van der Waals surface area contributed by atoms with E-state index in [0.29, 0.717) is 0 Å². The lowest BCUT2D eigenvalue weighted by Gasteiger charge is -2.51. The van der Waals surface area contributed by atoms with Crippen LogP contribution in [0.1, 0.15) is 51.4 Å².